The van der Waals surface area contributed by atoms with Crippen LogP contribution < -0.4 is 5.32 Å². The maximum Gasteiger partial charge on any atom is 0.407 e. The molecule has 1 unspecified atom stereocenters. The van der Waals surface area contributed by atoms with Crippen molar-refractivity contribution in [2.45, 2.75) is 246 Å². The largest absolute Gasteiger partial charge is 0.465 e. The van der Waals surface area contributed by atoms with Gasteiger partial charge in [-0.15, -0.1) is 0 Å². The summed E-state index contributed by atoms with van der Waals surface area (Å²) >= 11 is 0. The molecule has 1 aliphatic heterocycles. The number of carbonyl (C=O) groups excluding carboxylic acids is 8. The van der Waals surface area contributed by atoms with E-state index in [-0.39, 0.29) is 89.1 Å². The fourth-order valence-corrected chi connectivity index (χ4v) is 8.56. The molecule has 1 rings (SSSR count). The second-order valence-electron chi connectivity index (χ2n) is 21.5. The summed E-state index contributed by atoms with van der Waals surface area (Å²) in [5.41, 5.74) is -1.57. The molecule has 18 heteroatoms. The molecule has 1 fully saturated rings. The standard InChI is InChI=1S/C64H108N2O16/c1-5-9-13-17-20-32-48-75-56(67)36-24-27-39-59(70)78-51-64(52-79-60(71)40-28-25-37-57(68)76-49-33-21-18-14-10-6-2,53-80-61(72)41-29-26-38-58(69)77-50-34-22-19-15-11-7-3)54-81-62(73)43-42-55(35-23-16-12-8-4)82-63(74)65-44-47-66-45-30-31-46-66/h17-22,55H,5-16,23-54H2,1-4H3,(H,65,74)/b20-17-,21-18-,22-19-. The molecule has 1 amide bonds. The highest BCUT2D eigenvalue weighted by atomic mass is 16.6. The molecule has 1 N–H and O–H groups in total. The van der Waals surface area contributed by atoms with Crippen LogP contribution in [0.15, 0.2) is 36.5 Å². The van der Waals surface area contributed by atoms with Gasteiger partial charge in [0, 0.05) is 58.0 Å². The normalized spacial score (nSPS) is 13.1. The van der Waals surface area contributed by atoms with Crippen molar-refractivity contribution in [2.24, 2.45) is 5.41 Å². The van der Waals surface area contributed by atoms with Crippen LogP contribution in [0.4, 0.5) is 4.79 Å². The Morgan fingerprint density at radius 1 is 0.402 bits per heavy atom. The van der Waals surface area contributed by atoms with E-state index in [4.69, 9.17) is 37.9 Å². The van der Waals surface area contributed by atoms with Gasteiger partial charge < -0.3 is 48.1 Å². The Labute approximate surface area is 492 Å². The van der Waals surface area contributed by atoms with Crippen LogP contribution in [0.25, 0.3) is 0 Å². The molecule has 1 heterocycles. The molecule has 470 valence electrons. The third kappa shape index (κ3) is 45.3. The number of carbonyl (C=O) groups is 8. The van der Waals surface area contributed by atoms with Crippen LogP contribution in [0.3, 0.4) is 0 Å². The Balaban J connectivity index is 3.17. The van der Waals surface area contributed by atoms with Gasteiger partial charge in [-0.1, -0.05) is 122 Å². The Bertz CT molecular complexity index is 1670. The number of rotatable bonds is 53. The first kappa shape index (κ1) is 74.8. The third-order valence-electron chi connectivity index (χ3n) is 13.7. The maximum atomic E-state index is 13.7. The summed E-state index contributed by atoms with van der Waals surface area (Å²) < 4.78 is 45.0. The van der Waals surface area contributed by atoms with Crippen molar-refractivity contribution in [3.63, 3.8) is 0 Å². The monoisotopic (exact) mass is 1160 g/mol. The molecule has 0 saturated carbocycles. The van der Waals surface area contributed by atoms with Crippen molar-refractivity contribution < 1.29 is 76.3 Å². The molecule has 0 radical (unpaired) electrons. The smallest absolute Gasteiger partial charge is 0.407 e. The van der Waals surface area contributed by atoms with E-state index in [9.17, 15) is 38.4 Å². The van der Waals surface area contributed by atoms with Crippen LogP contribution in [0.2, 0.25) is 0 Å². The lowest BCUT2D eigenvalue weighted by Crippen LogP contribution is -2.44. The minimum atomic E-state index is -1.57. The van der Waals surface area contributed by atoms with Gasteiger partial charge in [-0.25, -0.2) is 4.79 Å². The predicted molar refractivity (Wildman–Crippen MR) is 316 cm³/mol. The Morgan fingerprint density at radius 2 is 0.744 bits per heavy atom. The van der Waals surface area contributed by atoms with E-state index in [0.29, 0.717) is 70.8 Å². The lowest BCUT2D eigenvalue weighted by atomic mass is 9.92. The van der Waals surface area contributed by atoms with E-state index in [1.54, 1.807) is 0 Å². The topological polar surface area (TPSA) is 226 Å². The SMILES string of the molecule is CCCC/C=C\CCOC(=O)CCCCC(=O)OCC(COC(=O)CCCCC(=O)OCC/C=C\CCCC)(COC(=O)CCCCC(=O)OCC/C=C\CCCC)COC(=O)CCC(CCCCCC)OC(=O)NCCN1CCCC1. The van der Waals surface area contributed by atoms with Crippen molar-refractivity contribution in [3.05, 3.63) is 36.5 Å². The molecule has 0 bridgehead atoms. The number of likely N-dealkylation sites (tertiary alicyclic amines) is 1. The molecule has 0 aliphatic carbocycles. The van der Waals surface area contributed by atoms with Gasteiger partial charge >= 0.3 is 47.9 Å². The predicted octanol–water partition coefficient (Wildman–Crippen LogP) is 12.8. The minimum absolute atomic E-state index is 0.0649. The average molecular weight is 1160 g/mol. The lowest BCUT2D eigenvalue weighted by Gasteiger charge is -2.31. The first-order valence-corrected chi connectivity index (χ1v) is 31.6. The van der Waals surface area contributed by atoms with Crippen LogP contribution in [0.5, 0.6) is 0 Å². The third-order valence-corrected chi connectivity index (χ3v) is 13.7. The molecular formula is C64H108N2O16. The van der Waals surface area contributed by atoms with Gasteiger partial charge in [0.2, 0.25) is 0 Å². The molecule has 82 heavy (non-hydrogen) atoms. The first-order chi connectivity index (χ1) is 39.8. The number of amides is 1. The average Bonchev–Trinajstić information content (AvgIpc) is 4.10. The van der Waals surface area contributed by atoms with Gasteiger partial charge in [-0.2, -0.15) is 0 Å². The zero-order chi connectivity index (χ0) is 60.0. The fourth-order valence-electron chi connectivity index (χ4n) is 8.56. The van der Waals surface area contributed by atoms with E-state index in [2.05, 4.69) is 56.1 Å². The number of ether oxygens (including phenoxy) is 8. The quantitative estimate of drug-likeness (QED) is 0.0258. The number of unbranched alkanes of at least 4 members (excludes halogenated alkanes) is 12. The number of nitrogens with one attached hydrogen (secondary N) is 1. The molecule has 1 saturated heterocycles. The second kappa shape index (κ2) is 52.5. The van der Waals surface area contributed by atoms with Crippen molar-refractivity contribution in [1.29, 1.82) is 0 Å². The molecule has 0 spiro atoms. The zero-order valence-electron chi connectivity index (χ0n) is 51.1. The molecule has 0 aromatic rings. The molecule has 1 atom stereocenters. The highest BCUT2D eigenvalue weighted by Gasteiger charge is 2.38. The van der Waals surface area contributed by atoms with Crippen LogP contribution in [-0.2, 0) is 71.5 Å². The van der Waals surface area contributed by atoms with Crippen molar-refractivity contribution >= 4 is 47.9 Å². The van der Waals surface area contributed by atoms with Crippen LogP contribution >= 0.6 is 0 Å². The molecule has 18 nitrogen and oxygen atoms in total. The highest BCUT2D eigenvalue weighted by molar-refractivity contribution is 5.73. The van der Waals surface area contributed by atoms with Crippen molar-refractivity contribution in [3.8, 4) is 0 Å². The van der Waals surface area contributed by atoms with Gasteiger partial charge in [0.05, 0.1) is 19.8 Å². The zero-order valence-corrected chi connectivity index (χ0v) is 51.1. The highest BCUT2D eigenvalue weighted by Crippen LogP contribution is 2.24. The van der Waals surface area contributed by atoms with Crippen molar-refractivity contribution in [2.75, 3.05) is 72.4 Å². The number of hydrogen-bond acceptors (Lipinski definition) is 17. The Hall–Kier alpha value is -5.26. The summed E-state index contributed by atoms with van der Waals surface area (Å²) in [6.45, 7) is 10.5. The van der Waals surface area contributed by atoms with E-state index < -0.39 is 67.9 Å². The van der Waals surface area contributed by atoms with Crippen molar-refractivity contribution in [1.82, 2.24) is 10.2 Å². The number of hydrogen-bond donors (Lipinski definition) is 1. The molecule has 1 aliphatic rings. The number of nitrogens with zero attached hydrogens (tertiary/aromatic N) is 1. The lowest BCUT2D eigenvalue weighted by molar-refractivity contribution is -0.171. The summed E-state index contributed by atoms with van der Waals surface area (Å²) in [6, 6.07) is 0. The van der Waals surface area contributed by atoms with Gasteiger partial charge in [-0.05, 0) is 122 Å². The Morgan fingerprint density at radius 3 is 1.11 bits per heavy atom. The number of allylic oxidation sites excluding steroid dienone is 3. The summed E-state index contributed by atoms with van der Waals surface area (Å²) in [4.78, 5) is 106. The number of esters is 7. The second-order valence-corrected chi connectivity index (χ2v) is 21.5. The first-order valence-electron chi connectivity index (χ1n) is 31.6. The van der Waals surface area contributed by atoms with E-state index in [0.717, 1.165) is 116 Å². The van der Waals surface area contributed by atoms with Crippen LogP contribution in [0, 0.1) is 5.41 Å². The summed E-state index contributed by atoms with van der Waals surface area (Å²) in [5, 5.41) is 2.84. The molecular weight excluding hydrogens is 1050 g/mol. The summed E-state index contributed by atoms with van der Waals surface area (Å²) in [5.74, 6) is -3.69. The molecule has 0 aromatic heterocycles. The summed E-state index contributed by atoms with van der Waals surface area (Å²) in [6.07, 6.45) is 31.4. The van der Waals surface area contributed by atoms with Gasteiger partial charge in [-0.3, -0.25) is 33.6 Å². The van der Waals surface area contributed by atoms with E-state index >= 15 is 0 Å². The van der Waals surface area contributed by atoms with Crippen LogP contribution in [0.1, 0.15) is 240 Å². The van der Waals surface area contributed by atoms with Gasteiger partial charge in [0.15, 0.2) is 0 Å². The van der Waals surface area contributed by atoms with E-state index in [1.165, 1.54) is 0 Å². The van der Waals surface area contributed by atoms with Crippen LogP contribution in [-0.4, -0.2) is 131 Å². The number of alkyl carbamates (subject to hydrolysis) is 1. The fraction of sp³-hybridized carbons (Fsp3) is 0.781. The minimum Gasteiger partial charge on any atom is -0.465 e. The Kier molecular flexibility index (Phi) is 47.9. The molecule has 0 aromatic carbocycles. The van der Waals surface area contributed by atoms with Gasteiger partial charge in [0.1, 0.15) is 37.9 Å². The van der Waals surface area contributed by atoms with Gasteiger partial charge in [0.25, 0.3) is 0 Å². The van der Waals surface area contributed by atoms with E-state index in [1.807, 2.05) is 18.2 Å². The summed E-state index contributed by atoms with van der Waals surface area (Å²) in [7, 11) is 0. The maximum absolute atomic E-state index is 13.7.